The number of ether oxygens (including phenoxy) is 1. The number of nitrogens with one attached hydrogen (secondary N) is 1. The minimum absolute atomic E-state index is 0.0222. The molecule has 0 aromatic carbocycles. The van der Waals surface area contributed by atoms with Gasteiger partial charge in [-0.2, -0.15) is 0 Å². The first kappa shape index (κ1) is 13.3. The highest BCUT2D eigenvalue weighted by Gasteiger charge is 2.20. The molecule has 20 heavy (non-hydrogen) atoms. The van der Waals surface area contributed by atoms with Crippen LogP contribution in [0.2, 0.25) is 0 Å². The van der Waals surface area contributed by atoms with Crippen molar-refractivity contribution in [3.63, 3.8) is 0 Å². The SMILES string of the molecule is CCc1onc(C)c1-c1cccc([C@@H]2CNCCO2)n1. The van der Waals surface area contributed by atoms with Crippen LogP contribution < -0.4 is 5.32 Å². The average Bonchev–Trinajstić information content (AvgIpc) is 2.89. The van der Waals surface area contributed by atoms with Crippen LogP contribution in [0.1, 0.15) is 30.2 Å². The van der Waals surface area contributed by atoms with Crippen molar-refractivity contribution in [3.05, 3.63) is 35.3 Å². The first-order chi connectivity index (χ1) is 9.79. The van der Waals surface area contributed by atoms with Gasteiger partial charge in [0.1, 0.15) is 11.9 Å². The molecule has 0 amide bonds. The van der Waals surface area contributed by atoms with Crippen LogP contribution in [-0.2, 0) is 11.2 Å². The van der Waals surface area contributed by atoms with Gasteiger partial charge in [0.2, 0.25) is 0 Å². The predicted octanol–water partition coefficient (Wildman–Crippen LogP) is 2.27. The van der Waals surface area contributed by atoms with E-state index in [1.165, 1.54) is 0 Å². The molecule has 0 saturated carbocycles. The molecule has 1 atom stereocenters. The van der Waals surface area contributed by atoms with Crippen molar-refractivity contribution >= 4 is 0 Å². The summed E-state index contributed by atoms with van der Waals surface area (Å²) in [6, 6.07) is 6.02. The normalized spacial score (nSPS) is 19.2. The summed E-state index contributed by atoms with van der Waals surface area (Å²) in [5.74, 6) is 0.884. The van der Waals surface area contributed by atoms with E-state index in [-0.39, 0.29) is 6.10 Å². The van der Waals surface area contributed by atoms with Crippen molar-refractivity contribution < 1.29 is 9.26 Å². The van der Waals surface area contributed by atoms with Crippen LogP contribution in [-0.4, -0.2) is 29.8 Å². The molecule has 0 bridgehead atoms. The third kappa shape index (κ3) is 2.46. The zero-order valence-corrected chi connectivity index (χ0v) is 11.8. The summed E-state index contributed by atoms with van der Waals surface area (Å²) in [6.07, 6.45) is 0.831. The molecule has 0 spiro atoms. The predicted molar refractivity (Wildman–Crippen MR) is 75.4 cm³/mol. The molecular formula is C15H19N3O2. The summed E-state index contributed by atoms with van der Waals surface area (Å²) >= 11 is 0. The second kappa shape index (κ2) is 5.73. The van der Waals surface area contributed by atoms with Gasteiger partial charge in [0.15, 0.2) is 0 Å². The Kier molecular flexibility index (Phi) is 3.80. The van der Waals surface area contributed by atoms with E-state index in [2.05, 4.69) is 17.4 Å². The Morgan fingerprint density at radius 2 is 2.30 bits per heavy atom. The largest absolute Gasteiger partial charge is 0.369 e. The fraction of sp³-hybridized carbons (Fsp3) is 0.467. The van der Waals surface area contributed by atoms with E-state index in [1.807, 2.05) is 25.1 Å². The number of hydrogen-bond donors (Lipinski definition) is 1. The molecule has 2 aromatic rings. The Labute approximate surface area is 118 Å². The van der Waals surface area contributed by atoms with E-state index in [9.17, 15) is 0 Å². The zero-order valence-electron chi connectivity index (χ0n) is 11.8. The molecular weight excluding hydrogens is 254 g/mol. The monoisotopic (exact) mass is 273 g/mol. The third-order valence-electron chi connectivity index (χ3n) is 3.54. The standard InChI is InChI=1S/C15H19N3O2/c1-3-13-15(10(2)18-20-13)12-6-4-5-11(17-12)14-9-16-7-8-19-14/h4-6,14,16H,3,7-9H2,1-2H3/t14-/m0/s1. The Bertz CT molecular complexity index is 589. The van der Waals surface area contributed by atoms with E-state index in [4.69, 9.17) is 14.2 Å². The lowest BCUT2D eigenvalue weighted by atomic mass is 10.1. The summed E-state index contributed by atoms with van der Waals surface area (Å²) in [4.78, 5) is 4.74. The van der Waals surface area contributed by atoms with Crippen molar-refractivity contribution in [1.29, 1.82) is 0 Å². The van der Waals surface area contributed by atoms with Crippen molar-refractivity contribution in [2.24, 2.45) is 0 Å². The zero-order chi connectivity index (χ0) is 13.9. The molecule has 1 N–H and O–H groups in total. The van der Waals surface area contributed by atoms with Crippen molar-refractivity contribution in [2.75, 3.05) is 19.7 Å². The van der Waals surface area contributed by atoms with Crippen LogP contribution in [0.4, 0.5) is 0 Å². The Hall–Kier alpha value is -1.72. The van der Waals surface area contributed by atoms with Gasteiger partial charge in [-0.3, -0.25) is 0 Å². The minimum atomic E-state index is 0.0222. The average molecular weight is 273 g/mol. The van der Waals surface area contributed by atoms with E-state index in [0.717, 1.165) is 54.5 Å². The summed E-state index contributed by atoms with van der Waals surface area (Å²) in [5.41, 5.74) is 3.76. The van der Waals surface area contributed by atoms with E-state index in [1.54, 1.807) is 0 Å². The third-order valence-corrected chi connectivity index (χ3v) is 3.54. The summed E-state index contributed by atoms with van der Waals surface area (Å²) < 4.78 is 11.1. The first-order valence-electron chi connectivity index (χ1n) is 7.04. The van der Waals surface area contributed by atoms with Crippen LogP contribution >= 0.6 is 0 Å². The maximum atomic E-state index is 5.76. The maximum Gasteiger partial charge on any atom is 0.146 e. The lowest BCUT2D eigenvalue weighted by molar-refractivity contribution is 0.0251. The molecule has 0 unspecified atom stereocenters. The van der Waals surface area contributed by atoms with E-state index < -0.39 is 0 Å². The van der Waals surface area contributed by atoms with Crippen LogP contribution in [0, 0.1) is 6.92 Å². The molecule has 1 fully saturated rings. The summed E-state index contributed by atoms with van der Waals surface area (Å²) in [5, 5.41) is 7.37. The lowest BCUT2D eigenvalue weighted by Gasteiger charge is -2.23. The number of aromatic nitrogens is 2. The number of nitrogens with zero attached hydrogens (tertiary/aromatic N) is 2. The van der Waals surface area contributed by atoms with E-state index >= 15 is 0 Å². The van der Waals surface area contributed by atoms with Crippen molar-refractivity contribution in [2.45, 2.75) is 26.4 Å². The van der Waals surface area contributed by atoms with Crippen molar-refractivity contribution in [1.82, 2.24) is 15.5 Å². The number of aryl methyl sites for hydroxylation is 2. The number of morpholine rings is 1. The molecule has 0 aliphatic carbocycles. The van der Waals surface area contributed by atoms with Gasteiger partial charge in [-0.25, -0.2) is 4.98 Å². The Morgan fingerprint density at radius 3 is 3.05 bits per heavy atom. The van der Waals surface area contributed by atoms with Crippen LogP contribution in [0.5, 0.6) is 0 Å². The first-order valence-corrected chi connectivity index (χ1v) is 7.04. The van der Waals surface area contributed by atoms with Gasteiger partial charge in [-0.05, 0) is 19.1 Å². The lowest BCUT2D eigenvalue weighted by Crippen LogP contribution is -2.33. The fourth-order valence-corrected chi connectivity index (χ4v) is 2.51. The summed E-state index contributed by atoms with van der Waals surface area (Å²) in [6.45, 7) is 6.44. The van der Waals surface area contributed by atoms with Crippen LogP contribution in [0.25, 0.3) is 11.3 Å². The maximum absolute atomic E-state index is 5.76. The van der Waals surface area contributed by atoms with E-state index in [0.29, 0.717) is 0 Å². The molecule has 106 valence electrons. The minimum Gasteiger partial charge on any atom is -0.369 e. The number of rotatable bonds is 3. The highest BCUT2D eigenvalue weighted by atomic mass is 16.5. The van der Waals surface area contributed by atoms with Gasteiger partial charge < -0.3 is 14.6 Å². The molecule has 1 aliphatic rings. The van der Waals surface area contributed by atoms with Crippen molar-refractivity contribution in [3.8, 4) is 11.3 Å². The fourth-order valence-electron chi connectivity index (χ4n) is 2.51. The molecule has 1 saturated heterocycles. The quantitative estimate of drug-likeness (QED) is 0.929. The summed E-state index contributed by atoms with van der Waals surface area (Å²) in [7, 11) is 0. The van der Waals surface area contributed by atoms with Gasteiger partial charge >= 0.3 is 0 Å². The van der Waals surface area contributed by atoms with Gasteiger partial charge in [0.05, 0.1) is 29.3 Å². The molecule has 2 aromatic heterocycles. The molecule has 0 radical (unpaired) electrons. The molecule has 5 nitrogen and oxygen atoms in total. The topological polar surface area (TPSA) is 60.2 Å². The highest BCUT2D eigenvalue weighted by molar-refractivity contribution is 5.64. The van der Waals surface area contributed by atoms with Gasteiger partial charge in [0.25, 0.3) is 0 Å². The highest BCUT2D eigenvalue weighted by Crippen LogP contribution is 2.28. The molecule has 1 aliphatic heterocycles. The molecule has 3 rings (SSSR count). The second-order valence-corrected chi connectivity index (χ2v) is 4.93. The van der Waals surface area contributed by atoms with Gasteiger partial charge in [-0.15, -0.1) is 0 Å². The molecule has 5 heteroatoms. The second-order valence-electron chi connectivity index (χ2n) is 4.93. The van der Waals surface area contributed by atoms with Gasteiger partial charge in [0, 0.05) is 19.5 Å². The number of pyridine rings is 1. The smallest absolute Gasteiger partial charge is 0.146 e. The van der Waals surface area contributed by atoms with Crippen LogP contribution in [0.15, 0.2) is 22.7 Å². The Morgan fingerprint density at radius 1 is 1.40 bits per heavy atom. The van der Waals surface area contributed by atoms with Crippen LogP contribution in [0.3, 0.4) is 0 Å². The Balaban J connectivity index is 1.96. The number of hydrogen-bond acceptors (Lipinski definition) is 5. The van der Waals surface area contributed by atoms with Gasteiger partial charge in [-0.1, -0.05) is 18.1 Å². The molecule has 3 heterocycles.